The van der Waals surface area contributed by atoms with Gasteiger partial charge in [0, 0.05) is 29.7 Å². The molecule has 6 nitrogen and oxygen atoms in total. The van der Waals surface area contributed by atoms with Crippen LogP contribution < -0.4 is 0 Å². The summed E-state index contributed by atoms with van der Waals surface area (Å²) < 4.78 is 0.584. The fourth-order valence-corrected chi connectivity index (χ4v) is 2.07. The summed E-state index contributed by atoms with van der Waals surface area (Å²) >= 11 is 3.26. The van der Waals surface area contributed by atoms with Crippen LogP contribution in [0.1, 0.15) is 5.56 Å². The third-order valence-electron chi connectivity index (χ3n) is 2.39. The first-order valence-electron chi connectivity index (χ1n) is 5.42. The Hall–Kier alpha value is -1.73. The van der Waals surface area contributed by atoms with E-state index in [-0.39, 0.29) is 12.2 Å². The minimum Gasteiger partial charge on any atom is -0.480 e. The molecule has 1 aromatic carbocycles. The molecule has 1 N–H and O–H groups in total. The largest absolute Gasteiger partial charge is 0.480 e. The first kappa shape index (κ1) is 15.3. The Bertz CT molecular complexity index is 505. The van der Waals surface area contributed by atoms with Gasteiger partial charge in [-0.25, -0.2) is 0 Å². The van der Waals surface area contributed by atoms with Crippen molar-refractivity contribution in [1.29, 1.82) is 0 Å². The fraction of sp³-hybridized carbons (Fsp3) is 0.250. The van der Waals surface area contributed by atoms with Gasteiger partial charge in [-0.1, -0.05) is 22.0 Å². The van der Waals surface area contributed by atoms with Gasteiger partial charge in [-0.05, 0) is 11.6 Å². The summed E-state index contributed by atoms with van der Waals surface area (Å²) in [5, 5.41) is 19.4. The van der Waals surface area contributed by atoms with Crippen LogP contribution >= 0.6 is 15.9 Å². The van der Waals surface area contributed by atoms with E-state index in [1.165, 1.54) is 12.1 Å². The van der Waals surface area contributed by atoms with Crippen molar-refractivity contribution < 1.29 is 14.8 Å². The van der Waals surface area contributed by atoms with Crippen molar-refractivity contribution >= 4 is 27.6 Å². The van der Waals surface area contributed by atoms with Gasteiger partial charge in [-0.3, -0.25) is 19.8 Å². The summed E-state index contributed by atoms with van der Waals surface area (Å²) in [5.41, 5.74) is 0.776. The lowest BCUT2D eigenvalue weighted by Gasteiger charge is -2.19. The highest BCUT2D eigenvalue weighted by Crippen LogP contribution is 2.24. The standard InChI is InChI=1S/C12H13BrN2O4/c1-2-5-14(8-12(16)17)7-9-3-4-10(15(18)19)6-11(9)13/h2-4,6H,1,5,7-8H2,(H,16,17). The molecule has 19 heavy (non-hydrogen) atoms. The quantitative estimate of drug-likeness (QED) is 0.472. The number of benzene rings is 1. The number of non-ortho nitro benzene ring substituents is 1. The number of nitro groups is 1. The summed E-state index contributed by atoms with van der Waals surface area (Å²) in [4.78, 5) is 22.5. The van der Waals surface area contributed by atoms with Gasteiger partial charge >= 0.3 is 5.97 Å². The zero-order valence-electron chi connectivity index (χ0n) is 10.1. The minimum atomic E-state index is -0.931. The lowest BCUT2D eigenvalue weighted by molar-refractivity contribution is -0.384. The van der Waals surface area contributed by atoms with Gasteiger partial charge in [-0.15, -0.1) is 6.58 Å². The molecule has 7 heteroatoms. The number of carboxylic acid groups (broad SMARTS) is 1. The van der Waals surface area contributed by atoms with Crippen LogP contribution in [0.2, 0.25) is 0 Å². The Morgan fingerprint density at radius 2 is 2.26 bits per heavy atom. The molecule has 0 aliphatic rings. The SMILES string of the molecule is C=CCN(CC(=O)O)Cc1ccc([N+](=O)[O-])cc1Br. The Labute approximate surface area is 118 Å². The van der Waals surface area contributed by atoms with E-state index in [9.17, 15) is 14.9 Å². The lowest BCUT2D eigenvalue weighted by atomic mass is 10.2. The molecule has 0 heterocycles. The normalized spacial score (nSPS) is 10.4. The molecule has 0 aliphatic carbocycles. The van der Waals surface area contributed by atoms with Gasteiger partial charge in [0.15, 0.2) is 0 Å². The molecule has 1 aromatic rings. The van der Waals surface area contributed by atoms with Crippen molar-refractivity contribution in [3.05, 3.63) is 51.0 Å². The Morgan fingerprint density at radius 1 is 1.58 bits per heavy atom. The van der Waals surface area contributed by atoms with E-state index in [2.05, 4.69) is 22.5 Å². The average molecular weight is 329 g/mol. The summed E-state index contributed by atoms with van der Waals surface area (Å²) in [5.74, 6) is -0.931. The maximum atomic E-state index is 10.7. The molecule has 0 radical (unpaired) electrons. The Morgan fingerprint density at radius 3 is 2.74 bits per heavy atom. The fourth-order valence-electron chi connectivity index (χ4n) is 1.58. The van der Waals surface area contributed by atoms with Gasteiger partial charge in [0.25, 0.3) is 5.69 Å². The topological polar surface area (TPSA) is 83.7 Å². The number of carbonyl (C=O) groups is 1. The Kier molecular flexibility index (Phi) is 5.65. The Balaban J connectivity index is 2.87. The predicted molar refractivity (Wildman–Crippen MR) is 73.9 cm³/mol. The van der Waals surface area contributed by atoms with E-state index in [0.29, 0.717) is 17.6 Å². The van der Waals surface area contributed by atoms with E-state index in [4.69, 9.17) is 5.11 Å². The second-order valence-corrected chi connectivity index (χ2v) is 4.74. The molecular weight excluding hydrogens is 316 g/mol. The first-order valence-corrected chi connectivity index (χ1v) is 6.21. The molecule has 0 saturated heterocycles. The second-order valence-electron chi connectivity index (χ2n) is 3.88. The third-order valence-corrected chi connectivity index (χ3v) is 3.13. The van der Waals surface area contributed by atoms with Crippen molar-refractivity contribution in [2.45, 2.75) is 6.54 Å². The average Bonchev–Trinajstić information content (AvgIpc) is 2.31. The molecule has 0 atom stereocenters. The predicted octanol–water partition coefficient (Wildman–Crippen LogP) is 2.43. The molecule has 1 rings (SSSR count). The molecule has 0 spiro atoms. The number of hydrogen-bond acceptors (Lipinski definition) is 4. The number of rotatable bonds is 7. The van der Waals surface area contributed by atoms with Gasteiger partial charge < -0.3 is 5.11 Å². The van der Waals surface area contributed by atoms with E-state index < -0.39 is 10.9 Å². The summed E-state index contributed by atoms with van der Waals surface area (Å²) in [6, 6.07) is 4.41. The van der Waals surface area contributed by atoms with Crippen LogP contribution in [-0.4, -0.2) is 34.0 Å². The second kappa shape index (κ2) is 7.01. The minimum absolute atomic E-state index is 0.0101. The molecular formula is C12H13BrN2O4. The summed E-state index contributed by atoms with van der Waals surface area (Å²) in [6.07, 6.45) is 1.61. The van der Waals surface area contributed by atoms with Crippen LogP contribution in [0, 0.1) is 10.1 Å². The van der Waals surface area contributed by atoms with Crippen LogP contribution in [0.3, 0.4) is 0 Å². The molecule has 0 unspecified atom stereocenters. The zero-order valence-corrected chi connectivity index (χ0v) is 11.7. The molecule has 0 aromatic heterocycles. The van der Waals surface area contributed by atoms with Crippen molar-refractivity contribution in [1.82, 2.24) is 4.90 Å². The van der Waals surface area contributed by atoms with Crippen molar-refractivity contribution in [3.63, 3.8) is 0 Å². The molecule has 0 bridgehead atoms. The molecule has 0 saturated carbocycles. The monoisotopic (exact) mass is 328 g/mol. The summed E-state index contributed by atoms with van der Waals surface area (Å²) in [6.45, 7) is 4.26. The van der Waals surface area contributed by atoms with E-state index in [1.807, 2.05) is 0 Å². The van der Waals surface area contributed by atoms with Crippen LogP contribution in [0.5, 0.6) is 0 Å². The van der Waals surface area contributed by atoms with Gasteiger partial charge in [-0.2, -0.15) is 0 Å². The van der Waals surface area contributed by atoms with Crippen LogP contribution in [0.4, 0.5) is 5.69 Å². The van der Waals surface area contributed by atoms with E-state index in [1.54, 1.807) is 17.0 Å². The van der Waals surface area contributed by atoms with Crippen LogP contribution in [-0.2, 0) is 11.3 Å². The number of hydrogen-bond donors (Lipinski definition) is 1. The van der Waals surface area contributed by atoms with Gasteiger partial charge in [0.2, 0.25) is 0 Å². The number of aliphatic carboxylic acids is 1. The van der Waals surface area contributed by atoms with Crippen molar-refractivity contribution in [3.8, 4) is 0 Å². The highest BCUT2D eigenvalue weighted by Gasteiger charge is 2.13. The highest BCUT2D eigenvalue weighted by atomic mass is 79.9. The van der Waals surface area contributed by atoms with Crippen molar-refractivity contribution in [2.24, 2.45) is 0 Å². The number of nitrogens with zero attached hydrogens (tertiary/aromatic N) is 2. The van der Waals surface area contributed by atoms with Crippen LogP contribution in [0.15, 0.2) is 35.3 Å². The first-order chi connectivity index (χ1) is 8.93. The molecule has 0 aliphatic heterocycles. The smallest absolute Gasteiger partial charge is 0.317 e. The highest BCUT2D eigenvalue weighted by molar-refractivity contribution is 9.10. The molecule has 102 valence electrons. The number of halogens is 1. The van der Waals surface area contributed by atoms with E-state index >= 15 is 0 Å². The molecule has 0 amide bonds. The number of carboxylic acids is 1. The van der Waals surface area contributed by atoms with Crippen LogP contribution in [0.25, 0.3) is 0 Å². The maximum Gasteiger partial charge on any atom is 0.317 e. The number of nitro benzene ring substituents is 1. The van der Waals surface area contributed by atoms with Crippen molar-refractivity contribution in [2.75, 3.05) is 13.1 Å². The van der Waals surface area contributed by atoms with Gasteiger partial charge in [0.1, 0.15) is 0 Å². The van der Waals surface area contributed by atoms with E-state index in [0.717, 1.165) is 5.56 Å². The zero-order chi connectivity index (χ0) is 14.4. The maximum absolute atomic E-state index is 10.7. The third kappa shape index (κ3) is 4.80. The lowest BCUT2D eigenvalue weighted by Crippen LogP contribution is -2.29. The molecule has 0 fully saturated rings. The summed E-state index contributed by atoms with van der Waals surface area (Å²) in [7, 11) is 0. The van der Waals surface area contributed by atoms with Gasteiger partial charge in [0.05, 0.1) is 11.5 Å².